The molecular weight excluding hydrogens is 392 g/mol. The van der Waals surface area contributed by atoms with Gasteiger partial charge in [0, 0.05) is 22.4 Å². The topological polar surface area (TPSA) is 24.9 Å². The maximum atomic E-state index is 6.33. The van der Waals surface area contributed by atoms with Crippen LogP contribution in [-0.4, -0.2) is 4.98 Å². The van der Waals surface area contributed by atoms with Crippen LogP contribution in [0.2, 0.25) is 5.15 Å². The molecule has 0 unspecified atom stereocenters. The molecule has 1 N–H and O–H groups in total. The van der Waals surface area contributed by atoms with Crippen LogP contribution in [0.25, 0.3) is 10.2 Å². The molecular formula is C22H29ClN2S2. The summed E-state index contributed by atoms with van der Waals surface area (Å²) in [4.78, 5) is 7.52. The molecule has 1 fully saturated rings. The first-order valence-corrected chi connectivity index (χ1v) is 12.2. The summed E-state index contributed by atoms with van der Waals surface area (Å²) in [6, 6.07) is 6.23. The molecule has 0 amide bonds. The molecule has 146 valence electrons. The lowest BCUT2D eigenvalue weighted by Crippen LogP contribution is -1.98. The van der Waals surface area contributed by atoms with Crippen molar-refractivity contribution in [3.05, 3.63) is 44.1 Å². The van der Waals surface area contributed by atoms with Gasteiger partial charge in [-0.3, -0.25) is 0 Å². The second-order valence-electron chi connectivity index (χ2n) is 6.88. The zero-order chi connectivity index (χ0) is 19.2. The lowest BCUT2D eigenvalue weighted by molar-refractivity contribution is 0.599. The number of halogens is 1. The molecule has 27 heavy (non-hydrogen) atoms. The number of aryl methyl sites for hydroxylation is 1. The molecule has 5 heteroatoms. The first-order chi connectivity index (χ1) is 13.2. The highest BCUT2D eigenvalue weighted by Crippen LogP contribution is 2.43. The van der Waals surface area contributed by atoms with Gasteiger partial charge in [0.2, 0.25) is 0 Å². The van der Waals surface area contributed by atoms with Crippen molar-refractivity contribution in [2.45, 2.75) is 71.8 Å². The minimum Gasteiger partial charge on any atom is -0.379 e. The first-order valence-electron chi connectivity index (χ1n) is 10.1. The van der Waals surface area contributed by atoms with Crippen LogP contribution in [0.15, 0.2) is 23.6 Å². The van der Waals surface area contributed by atoms with Crippen molar-refractivity contribution >= 4 is 50.2 Å². The number of hydrogen-bond donors (Lipinski definition) is 1. The standard InChI is InChI=1S/C20H23ClN2S2.C2H6/c1-13-18-20(25-19(13)14-7-4-2-3-5-8-14)16(11-17(21)23-18)22-12-15-9-6-10-24-15;1-2/h6,9-11,14H,2-5,7-8,12H2,1H3,(H,22,23);1-2H3. The first kappa shape index (κ1) is 20.6. The highest BCUT2D eigenvalue weighted by molar-refractivity contribution is 7.20. The molecule has 0 radical (unpaired) electrons. The molecule has 0 aromatic carbocycles. The van der Waals surface area contributed by atoms with Crippen molar-refractivity contribution in [2.75, 3.05) is 5.32 Å². The number of anilines is 1. The normalized spacial score (nSPS) is 15.3. The number of pyridine rings is 1. The Morgan fingerprint density at radius 2 is 1.93 bits per heavy atom. The van der Waals surface area contributed by atoms with Crippen molar-refractivity contribution < 1.29 is 0 Å². The second kappa shape index (κ2) is 9.90. The molecule has 3 aromatic heterocycles. The van der Waals surface area contributed by atoms with Gasteiger partial charge in [-0.1, -0.05) is 57.2 Å². The zero-order valence-electron chi connectivity index (χ0n) is 16.5. The molecule has 0 saturated heterocycles. The Labute approximate surface area is 176 Å². The van der Waals surface area contributed by atoms with Crippen molar-refractivity contribution in [1.82, 2.24) is 4.98 Å². The number of nitrogens with one attached hydrogen (secondary N) is 1. The fourth-order valence-corrected chi connectivity index (χ4v) is 6.07. The number of hydrogen-bond acceptors (Lipinski definition) is 4. The summed E-state index contributed by atoms with van der Waals surface area (Å²) in [5.41, 5.74) is 3.55. The fourth-order valence-electron chi connectivity index (χ4n) is 3.82. The van der Waals surface area contributed by atoms with Gasteiger partial charge in [-0.25, -0.2) is 4.98 Å². The zero-order valence-corrected chi connectivity index (χ0v) is 18.9. The number of rotatable bonds is 4. The summed E-state index contributed by atoms with van der Waals surface area (Å²) in [5.74, 6) is 0.700. The Kier molecular flexibility index (Phi) is 7.57. The average molecular weight is 421 g/mol. The van der Waals surface area contributed by atoms with Crippen LogP contribution in [0.4, 0.5) is 5.69 Å². The van der Waals surface area contributed by atoms with Gasteiger partial charge in [0.15, 0.2) is 0 Å². The van der Waals surface area contributed by atoms with E-state index >= 15 is 0 Å². The van der Waals surface area contributed by atoms with E-state index in [2.05, 4.69) is 34.7 Å². The van der Waals surface area contributed by atoms with Crippen LogP contribution in [0.5, 0.6) is 0 Å². The van der Waals surface area contributed by atoms with E-state index in [1.54, 1.807) is 11.3 Å². The molecule has 1 aliphatic rings. The summed E-state index contributed by atoms with van der Waals surface area (Å²) in [6.07, 6.45) is 8.13. The Hall–Kier alpha value is -1.10. The molecule has 2 nitrogen and oxygen atoms in total. The van der Waals surface area contributed by atoms with Crippen LogP contribution < -0.4 is 5.32 Å². The lowest BCUT2D eigenvalue weighted by atomic mass is 9.96. The predicted molar refractivity (Wildman–Crippen MR) is 123 cm³/mol. The summed E-state index contributed by atoms with van der Waals surface area (Å²) in [7, 11) is 0. The smallest absolute Gasteiger partial charge is 0.131 e. The Bertz CT molecular complexity index is 847. The number of fused-ring (bicyclic) bond motifs is 1. The number of nitrogens with zero attached hydrogens (tertiary/aromatic N) is 1. The molecule has 3 aromatic rings. The third kappa shape index (κ3) is 4.85. The monoisotopic (exact) mass is 420 g/mol. The molecule has 0 atom stereocenters. The fraction of sp³-hybridized carbons (Fsp3) is 0.500. The van der Waals surface area contributed by atoms with Crippen LogP contribution in [0, 0.1) is 6.92 Å². The van der Waals surface area contributed by atoms with Gasteiger partial charge in [-0.05, 0) is 42.7 Å². The van der Waals surface area contributed by atoms with E-state index in [0.29, 0.717) is 11.1 Å². The van der Waals surface area contributed by atoms with Crippen LogP contribution in [0.1, 0.15) is 73.6 Å². The minimum atomic E-state index is 0.578. The highest BCUT2D eigenvalue weighted by atomic mass is 35.5. The number of aromatic nitrogens is 1. The van der Waals surface area contributed by atoms with E-state index < -0.39 is 0 Å². The van der Waals surface area contributed by atoms with Gasteiger partial charge in [-0.2, -0.15) is 0 Å². The van der Waals surface area contributed by atoms with E-state index in [9.17, 15) is 0 Å². The second-order valence-corrected chi connectivity index (χ2v) is 9.35. The van der Waals surface area contributed by atoms with Crippen LogP contribution in [0.3, 0.4) is 0 Å². The van der Waals surface area contributed by atoms with Gasteiger partial charge < -0.3 is 5.32 Å². The molecule has 0 bridgehead atoms. The summed E-state index contributed by atoms with van der Waals surface area (Å²) >= 11 is 10.0. The van der Waals surface area contributed by atoms with E-state index in [0.717, 1.165) is 17.7 Å². The van der Waals surface area contributed by atoms with E-state index in [1.165, 1.54) is 58.5 Å². The van der Waals surface area contributed by atoms with Crippen LogP contribution >= 0.6 is 34.3 Å². The molecule has 4 rings (SSSR count). The third-order valence-corrected chi connectivity index (χ3v) is 7.68. The molecule has 0 spiro atoms. The van der Waals surface area contributed by atoms with Crippen molar-refractivity contribution in [2.24, 2.45) is 0 Å². The lowest BCUT2D eigenvalue weighted by Gasteiger charge is -2.12. The summed E-state index contributed by atoms with van der Waals surface area (Å²) < 4.78 is 1.26. The van der Waals surface area contributed by atoms with Crippen molar-refractivity contribution in [3.8, 4) is 0 Å². The SMILES string of the molecule is CC.Cc1c(C2CCCCCC2)sc2c(NCc3cccs3)cc(Cl)nc12. The molecule has 1 saturated carbocycles. The molecule has 1 aliphatic carbocycles. The maximum Gasteiger partial charge on any atom is 0.131 e. The van der Waals surface area contributed by atoms with Crippen molar-refractivity contribution in [3.63, 3.8) is 0 Å². The third-order valence-electron chi connectivity index (χ3n) is 5.14. The Morgan fingerprint density at radius 1 is 1.19 bits per heavy atom. The summed E-state index contributed by atoms with van der Waals surface area (Å²) in [6.45, 7) is 7.06. The molecule has 3 heterocycles. The van der Waals surface area contributed by atoms with E-state index in [1.807, 2.05) is 31.3 Å². The van der Waals surface area contributed by atoms with Gasteiger partial charge >= 0.3 is 0 Å². The highest BCUT2D eigenvalue weighted by Gasteiger charge is 2.22. The predicted octanol–water partition coefficient (Wildman–Crippen LogP) is 8.40. The molecule has 0 aliphatic heterocycles. The van der Waals surface area contributed by atoms with Crippen molar-refractivity contribution in [1.29, 1.82) is 0 Å². The van der Waals surface area contributed by atoms with E-state index in [-0.39, 0.29) is 0 Å². The minimum absolute atomic E-state index is 0.578. The van der Waals surface area contributed by atoms with Gasteiger partial charge in [-0.15, -0.1) is 22.7 Å². The Balaban J connectivity index is 0.00000102. The maximum absolute atomic E-state index is 6.33. The Morgan fingerprint density at radius 3 is 2.59 bits per heavy atom. The van der Waals surface area contributed by atoms with Crippen LogP contribution in [-0.2, 0) is 6.54 Å². The van der Waals surface area contributed by atoms with Gasteiger partial charge in [0.1, 0.15) is 5.15 Å². The quantitative estimate of drug-likeness (QED) is 0.338. The van der Waals surface area contributed by atoms with Gasteiger partial charge in [0.25, 0.3) is 0 Å². The van der Waals surface area contributed by atoms with Gasteiger partial charge in [0.05, 0.1) is 15.9 Å². The number of thiophene rings is 2. The summed E-state index contributed by atoms with van der Waals surface area (Å²) in [5, 5.41) is 6.28. The average Bonchev–Trinajstić information content (AvgIpc) is 3.22. The largest absolute Gasteiger partial charge is 0.379 e. The van der Waals surface area contributed by atoms with E-state index in [4.69, 9.17) is 11.6 Å².